The standard InChI is InChI=1S/C15H17ClN2O2S/c1-11-4-2-3-5-12(11)8-9-18-21(19,20)15-10-13(16)6-7-14(15)17/h2-7,10,18H,8-9,17H2,1H3. The number of hydrogen-bond donors (Lipinski definition) is 2. The first-order valence-corrected chi connectivity index (χ1v) is 8.35. The molecule has 0 saturated carbocycles. The summed E-state index contributed by atoms with van der Waals surface area (Å²) in [6, 6.07) is 12.3. The Bertz CT molecular complexity index is 745. The molecule has 0 atom stereocenters. The fourth-order valence-corrected chi connectivity index (χ4v) is 3.45. The Balaban J connectivity index is 2.08. The summed E-state index contributed by atoms with van der Waals surface area (Å²) >= 11 is 5.83. The fraction of sp³-hybridized carbons (Fsp3) is 0.200. The first-order chi connectivity index (χ1) is 9.90. The molecule has 21 heavy (non-hydrogen) atoms. The lowest BCUT2D eigenvalue weighted by Crippen LogP contribution is -2.26. The van der Waals surface area contributed by atoms with Gasteiger partial charge in [0.25, 0.3) is 0 Å². The summed E-state index contributed by atoms with van der Waals surface area (Å²) in [7, 11) is -3.66. The van der Waals surface area contributed by atoms with Crippen LogP contribution in [0.4, 0.5) is 5.69 Å². The molecule has 0 radical (unpaired) electrons. The lowest BCUT2D eigenvalue weighted by molar-refractivity contribution is 0.582. The highest BCUT2D eigenvalue weighted by molar-refractivity contribution is 7.89. The van der Waals surface area contributed by atoms with Gasteiger partial charge in [0.2, 0.25) is 10.0 Å². The number of hydrogen-bond acceptors (Lipinski definition) is 3. The Kier molecular flexibility index (Phi) is 4.88. The van der Waals surface area contributed by atoms with Gasteiger partial charge in [-0.15, -0.1) is 0 Å². The molecule has 0 bridgehead atoms. The monoisotopic (exact) mass is 324 g/mol. The highest BCUT2D eigenvalue weighted by Gasteiger charge is 2.17. The van der Waals surface area contributed by atoms with Gasteiger partial charge in [-0.1, -0.05) is 35.9 Å². The number of anilines is 1. The molecule has 112 valence electrons. The van der Waals surface area contributed by atoms with Gasteiger partial charge in [0.1, 0.15) is 4.90 Å². The lowest BCUT2D eigenvalue weighted by Gasteiger charge is -2.10. The highest BCUT2D eigenvalue weighted by atomic mass is 35.5. The summed E-state index contributed by atoms with van der Waals surface area (Å²) in [4.78, 5) is 0.0137. The normalized spacial score (nSPS) is 11.5. The topological polar surface area (TPSA) is 72.2 Å². The van der Waals surface area contributed by atoms with Crippen molar-refractivity contribution in [2.24, 2.45) is 0 Å². The van der Waals surface area contributed by atoms with Gasteiger partial charge in [-0.05, 0) is 42.7 Å². The van der Waals surface area contributed by atoms with E-state index < -0.39 is 10.0 Å². The van der Waals surface area contributed by atoms with Crippen molar-refractivity contribution >= 4 is 27.3 Å². The van der Waals surface area contributed by atoms with E-state index in [1.54, 1.807) is 6.07 Å². The third kappa shape index (κ3) is 3.97. The summed E-state index contributed by atoms with van der Waals surface area (Å²) in [5.41, 5.74) is 8.14. The van der Waals surface area contributed by atoms with Crippen LogP contribution >= 0.6 is 11.6 Å². The zero-order chi connectivity index (χ0) is 15.5. The minimum Gasteiger partial charge on any atom is -0.398 e. The largest absolute Gasteiger partial charge is 0.398 e. The number of nitrogen functional groups attached to an aromatic ring is 1. The first kappa shape index (κ1) is 15.8. The van der Waals surface area contributed by atoms with Crippen LogP contribution in [0.2, 0.25) is 5.02 Å². The van der Waals surface area contributed by atoms with Gasteiger partial charge in [0.05, 0.1) is 5.69 Å². The molecule has 0 aromatic heterocycles. The molecule has 2 aromatic rings. The number of halogens is 1. The second-order valence-corrected chi connectivity index (χ2v) is 6.93. The molecule has 2 rings (SSSR count). The number of nitrogens with two attached hydrogens (primary N) is 1. The van der Waals surface area contributed by atoms with E-state index in [2.05, 4.69) is 4.72 Å². The molecule has 0 aliphatic heterocycles. The molecular formula is C15H17ClN2O2S. The van der Waals surface area contributed by atoms with Crippen molar-refractivity contribution in [3.8, 4) is 0 Å². The smallest absolute Gasteiger partial charge is 0.242 e. The molecule has 2 aromatic carbocycles. The van der Waals surface area contributed by atoms with Crippen LogP contribution in [-0.2, 0) is 16.4 Å². The van der Waals surface area contributed by atoms with Gasteiger partial charge >= 0.3 is 0 Å². The van der Waals surface area contributed by atoms with Crippen molar-refractivity contribution in [2.75, 3.05) is 12.3 Å². The third-order valence-electron chi connectivity index (χ3n) is 3.21. The molecule has 6 heteroatoms. The Hall–Kier alpha value is -1.56. The Morgan fingerprint density at radius 1 is 1.19 bits per heavy atom. The second kappa shape index (κ2) is 6.47. The summed E-state index contributed by atoms with van der Waals surface area (Å²) in [5.74, 6) is 0. The average Bonchev–Trinajstić information content (AvgIpc) is 2.43. The van der Waals surface area contributed by atoms with E-state index in [4.69, 9.17) is 17.3 Å². The van der Waals surface area contributed by atoms with Crippen LogP contribution in [0.1, 0.15) is 11.1 Å². The van der Waals surface area contributed by atoms with Crippen LogP contribution in [0.25, 0.3) is 0 Å². The zero-order valence-corrected chi connectivity index (χ0v) is 13.2. The second-order valence-electron chi connectivity index (χ2n) is 4.76. The third-order valence-corrected chi connectivity index (χ3v) is 4.96. The van der Waals surface area contributed by atoms with E-state index in [1.165, 1.54) is 12.1 Å². The molecule has 0 fully saturated rings. The van der Waals surface area contributed by atoms with Crippen molar-refractivity contribution in [1.82, 2.24) is 4.72 Å². The number of rotatable bonds is 5. The lowest BCUT2D eigenvalue weighted by atomic mass is 10.1. The van der Waals surface area contributed by atoms with Crippen molar-refractivity contribution in [2.45, 2.75) is 18.2 Å². The van der Waals surface area contributed by atoms with Gasteiger partial charge < -0.3 is 5.73 Å². The van der Waals surface area contributed by atoms with Gasteiger partial charge in [-0.25, -0.2) is 13.1 Å². The van der Waals surface area contributed by atoms with E-state index >= 15 is 0 Å². The number of aryl methyl sites for hydroxylation is 1. The minimum atomic E-state index is -3.66. The van der Waals surface area contributed by atoms with Gasteiger partial charge in [-0.3, -0.25) is 0 Å². The summed E-state index contributed by atoms with van der Waals surface area (Å²) in [5, 5.41) is 0.337. The van der Waals surface area contributed by atoms with Gasteiger partial charge in [-0.2, -0.15) is 0 Å². The van der Waals surface area contributed by atoms with Gasteiger partial charge in [0.15, 0.2) is 0 Å². The summed E-state index contributed by atoms with van der Waals surface area (Å²) in [6.45, 7) is 2.30. The zero-order valence-electron chi connectivity index (χ0n) is 11.6. The van der Waals surface area contributed by atoms with E-state index in [0.717, 1.165) is 11.1 Å². The maximum Gasteiger partial charge on any atom is 0.242 e. The molecule has 0 amide bonds. The minimum absolute atomic E-state index is 0.0137. The van der Waals surface area contributed by atoms with Crippen molar-refractivity contribution < 1.29 is 8.42 Å². The van der Waals surface area contributed by atoms with Crippen LogP contribution in [-0.4, -0.2) is 15.0 Å². The number of sulfonamides is 1. The molecule has 0 saturated heterocycles. The van der Waals surface area contributed by atoms with Crippen LogP contribution in [0.15, 0.2) is 47.4 Å². The summed E-state index contributed by atoms with van der Waals surface area (Å²) in [6.07, 6.45) is 0.617. The maximum absolute atomic E-state index is 12.2. The van der Waals surface area contributed by atoms with E-state index in [-0.39, 0.29) is 10.6 Å². The highest BCUT2D eigenvalue weighted by Crippen LogP contribution is 2.22. The Labute approximate surface area is 130 Å². The van der Waals surface area contributed by atoms with Crippen molar-refractivity contribution in [1.29, 1.82) is 0 Å². The molecule has 0 heterocycles. The molecule has 0 aliphatic rings. The molecule has 0 spiro atoms. The SMILES string of the molecule is Cc1ccccc1CCNS(=O)(=O)c1cc(Cl)ccc1N. The van der Waals surface area contributed by atoms with Crippen molar-refractivity contribution in [3.05, 3.63) is 58.6 Å². The van der Waals surface area contributed by atoms with E-state index in [9.17, 15) is 8.42 Å². The average molecular weight is 325 g/mol. The Morgan fingerprint density at radius 2 is 1.90 bits per heavy atom. The summed E-state index contributed by atoms with van der Waals surface area (Å²) < 4.78 is 27.0. The molecular weight excluding hydrogens is 308 g/mol. The molecule has 4 nitrogen and oxygen atoms in total. The molecule has 0 unspecified atom stereocenters. The fourth-order valence-electron chi connectivity index (χ4n) is 2.03. The predicted molar refractivity (Wildman–Crippen MR) is 85.9 cm³/mol. The van der Waals surface area contributed by atoms with E-state index in [1.807, 2.05) is 31.2 Å². The molecule has 0 aliphatic carbocycles. The quantitative estimate of drug-likeness (QED) is 0.831. The Morgan fingerprint density at radius 3 is 2.62 bits per heavy atom. The van der Waals surface area contributed by atoms with Crippen LogP contribution in [0.5, 0.6) is 0 Å². The number of benzene rings is 2. The van der Waals surface area contributed by atoms with Crippen molar-refractivity contribution in [3.63, 3.8) is 0 Å². The van der Waals surface area contributed by atoms with Gasteiger partial charge in [0, 0.05) is 11.6 Å². The number of nitrogens with one attached hydrogen (secondary N) is 1. The van der Waals surface area contributed by atoms with E-state index in [0.29, 0.717) is 18.0 Å². The predicted octanol–water partition coefficient (Wildman–Crippen LogP) is 2.75. The first-order valence-electron chi connectivity index (χ1n) is 6.49. The van der Waals surface area contributed by atoms with Crippen LogP contribution < -0.4 is 10.5 Å². The van der Waals surface area contributed by atoms with Crippen LogP contribution in [0, 0.1) is 6.92 Å². The molecule has 3 N–H and O–H groups in total. The van der Waals surface area contributed by atoms with Crippen LogP contribution in [0.3, 0.4) is 0 Å². The maximum atomic E-state index is 12.2.